The lowest BCUT2D eigenvalue weighted by Crippen LogP contribution is -2.35. The average molecular weight is 373 g/mol. The van der Waals surface area contributed by atoms with Crippen molar-refractivity contribution in [3.8, 4) is 10.4 Å². The molecule has 0 radical (unpaired) electrons. The number of H-pyrrole nitrogens is 2. The van der Waals surface area contributed by atoms with Crippen LogP contribution in [0.1, 0.15) is 16.1 Å². The molecule has 0 amide bonds. The minimum absolute atomic E-state index is 0.0957. The van der Waals surface area contributed by atoms with E-state index in [4.69, 9.17) is 12.2 Å². The van der Waals surface area contributed by atoms with Crippen molar-refractivity contribution in [3.05, 3.63) is 73.5 Å². The van der Waals surface area contributed by atoms with E-state index in [9.17, 15) is 9.18 Å². The second kappa shape index (κ2) is 6.67. The highest BCUT2D eigenvalue weighted by Crippen LogP contribution is 2.29. The van der Waals surface area contributed by atoms with Crippen LogP contribution >= 0.6 is 23.6 Å². The summed E-state index contributed by atoms with van der Waals surface area (Å²) < 4.78 is 13.4. The number of halogens is 1. The molecule has 0 aliphatic carbocycles. The van der Waals surface area contributed by atoms with Gasteiger partial charge in [0.15, 0.2) is 4.77 Å². The van der Waals surface area contributed by atoms with Crippen molar-refractivity contribution in [2.45, 2.75) is 19.5 Å². The number of aromatic nitrogens is 2. The number of rotatable bonds is 3. The Bertz CT molecular complexity index is 1020. The monoisotopic (exact) mass is 373 g/mol. The number of fused-ring (bicyclic) bond motifs is 1. The molecule has 0 saturated heterocycles. The zero-order chi connectivity index (χ0) is 17.4. The molecule has 1 aliphatic heterocycles. The number of thiophene rings is 1. The van der Waals surface area contributed by atoms with Crippen LogP contribution in [0.2, 0.25) is 0 Å². The van der Waals surface area contributed by atoms with E-state index >= 15 is 0 Å². The molecule has 7 heteroatoms. The number of nitrogens with one attached hydrogen (secondary N) is 2. The van der Waals surface area contributed by atoms with Gasteiger partial charge in [-0.15, -0.1) is 11.3 Å². The predicted octanol–water partition coefficient (Wildman–Crippen LogP) is 3.86. The molecule has 25 heavy (non-hydrogen) atoms. The van der Waals surface area contributed by atoms with Crippen LogP contribution in [-0.2, 0) is 19.5 Å². The predicted molar refractivity (Wildman–Crippen MR) is 99.8 cm³/mol. The van der Waals surface area contributed by atoms with Crippen molar-refractivity contribution >= 4 is 23.6 Å². The number of benzene rings is 1. The lowest BCUT2D eigenvalue weighted by atomic mass is 10.1. The van der Waals surface area contributed by atoms with Gasteiger partial charge in [-0.1, -0.05) is 12.1 Å². The topological polar surface area (TPSA) is 51.9 Å². The molecule has 2 N–H and O–H groups in total. The third kappa shape index (κ3) is 3.49. The van der Waals surface area contributed by atoms with E-state index in [2.05, 4.69) is 27.0 Å². The van der Waals surface area contributed by atoms with Crippen LogP contribution in [0.15, 0.2) is 41.2 Å². The van der Waals surface area contributed by atoms with Crippen LogP contribution in [0.3, 0.4) is 0 Å². The summed E-state index contributed by atoms with van der Waals surface area (Å²) in [5.74, 6) is -0.225. The summed E-state index contributed by atoms with van der Waals surface area (Å²) in [5, 5.41) is 0. The fourth-order valence-electron chi connectivity index (χ4n) is 3.10. The lowest BCUT2D eigenvalue weighted by Gasteiger charge is -2.27. The lowest BCUT2D eigenvalue weighted by molar-refractivity contribution is 0.243. The minimum atomic E-state index is -0.225. The first-order valence-corrected chi connectivity index (χ1v) is 9.22. The van der Waals surface area contributed by atoms with E-state index in [1.165, 1.54) is 17.0 Å². The molecule has 0 saturated carbocycles. The van der Waals surface area contributed by atoms with Crippen molar-refractivity contribution in [3.63, 3.8) is 0 Å². The van der Waals surface area contributed by atoms with Gasteiger partial charge in [0.2, 0.25) is 0 Å². The van der Waals surface area contributed by atoms with Gasteiger partial charge in [-0.2, -0.15) is 0 Å². The van der Waals surface area contributed by atoms with Gasteiger partial charge in [-0.05, 0) is 42.0 Å². The van der Waals surface area contributed by atoms with E-state index in [0.717, 1.165) is 41.2 Å². The van der Waals surface area contributed by atoms with Gasteiger partial charge in [0, 0.05) is 41.5 Å². The molecule has 0 bridgehead atoms. The molecule has 1 aromatic carbocycles. The van der Waals surface area contributed by atoms with Gasteiger partial charge >= 0.3 is 0 Å². The summed E-state index contributed by atoms with van der Waals surface area (Å²) in [6, 6.07) is 10.7. The van der Waals surface area contributed by atoms with E-state index in [0.29, 0.717) is 11.3 Å². The van der Waals surface area contributed by atoms with Crippen molar-refractivity contribution in [2.75, 3.05) is 6.54 Å². The highest BCUT2D eigenvalue weighted by atomic mass is 32.1. The first-order chi connectivity index (χ1) is 12.1. The summed E-state index contributed by atoms with van der Waals surface area (Å²) in [6.07, 6.45) is 0.791. The van der Waals surface area contributed by atoms with Crippen molar-refractivity contribution < 1.29 is 4.39 Å². The van der Waals surface area contributed by atoms with Crippen LogP contribution in [0.25, 0.3) is 10.4 Å². The standard InChI is InChI=1S/C18H16FN3OS2/c19-12-3-1-11(2-4-12)16-6-5-13(25-16)9-22-8-7-15-14(10-22)17(23)21-18(24)20-15/h1-6H,7-10H2,(H2,20,21,23,24). The molecule has 3 heterocycles. The number of hydrogen-bond acceptors (Lipinski definition) is 4. The first kappa shape index (κ1) is 16.4. The Morgan fingerprint density at radius 2 is 1.96 bits per heavy atom. The molecule has 0 fully saturated rings. The van der Waals surface area contributed by atoms with Gasteiger partial charge in [0.05, 0.1) is 5.56 Å². The molecule has 0 unspecified atom stereocenters. The van der Waals surface area contributed by atoms with Gasteiger partial charge in [-0.25, -0.2) is 4.39 Å². The molecular weight excluding hydrogens is 357 g/mol. The molecule has 4 rings (SSSR count). The number of nitrogens with zero attached hydrogens (tertiary/aromatic N) is 1. The SMILES string of the molecule is O=c1[nH]c(=S)[nH]c2c1CN(Cc1ccc(-c3ccc(F)cc3)s1)CC2. The summed E-state index contributed by atoms with van der Waals surface area (Å²) >= 11 is 6.73. The second-order valence-corrected chi connectivity index (χ2v) is 7.68. The first-order valence-electron chi connectivity index (χ1n) is 8.00. The summed E-state index contributed by atoms with van der Waals surface area (Å²) in [5.41, 5.74) is 2.64. The van der Waals surface area contributed by atoms with Crippen molar-refractivity contribution in [1.82, 2.24) is 14.9 Å². The maximum absolute atomic E-state index is 13.1. The fourth-order valence-corrected chi connectivity index (χ4v) is 4.37. The molecule has 1 aliphatic rings. The largest absolute Gasteiger partial charge is 0.335 e. The zero-order valence-corrected chi connectivity index (χ0v) is 15.0. The Morgan fingerprint density at radius 3 is 2.76 bits per heavy atom. The van der Waals surface area contributed by atoms with E-state index in [1.54, 1.807) is 23.5 Å². The molecule has 3 aromatic rings. The summed E-state index contributed by atoms with van der Waals surface area (Å²) in [6.45, 7) is 2.28. The Labute approximate surface area is 153 Å². The van der Waals surface area contributed by atoms with Crippen LogP contribution in [-0.4, -0.2) is 21.4 Å². The Balaban J connectivity index is 1.51. The molecule has 0 spiro atoms. The van der Waals surface area contributed by atoms with Gasteiger partial charge in [0.1, 0.15) is 5.82 Å². The molecule has 4 nitrogen and oxygen atoms in total. The zero-order valence-electron chi connectivity index (χ0n) is 13.3. The highest BCUT2D eigenvalue weighted by Gasteiger charge is 2.20. The third-order valence-electron chi connectivity index (χ3n) is 4.36. The van der Waals surface area contributed by atoms with Crippen LogP contribution in [0.5, 0.6) is 0 Å². The highest BCUT2D eigenvalue weighted by molar-refractivity contribution is 7.71. The Hall–Kier alpha value is -2.09. The Morgan fingerprint density at radius 1 is 1.16 bits per heavy atom. The normalized spacial score (nSPS) is 14.4. The van der Waals surface area contributed by atoms with E-state index < -0.39 is 0 Å². The second-order valence-electron chi connectivity index (χ2n) is 6.10. The number of hydrogen-bond donors (Lipinski definition) is 2. The van der Waals surface area contributed by atoms with Crippen molar-refractivity contribution in [1.29, 1.82) is 0 Å². The van der Waals surface area contributed by atoms with Crippen LogP contribution in [0.4, 0.5) is 4.39 Å². The maximum Gasteiger partial charge on any atom is 0.256 e. The maximum atomic E-state index is 13.1. The van der Waals surface area contributed by atoms with Crippen molar-refractivity contribution in [2.24, 2.45) is 0 Å². The molecule has 2 aromatic heterocycles. The van der Waals surface area contributed by atoms with E-state index in [1.807, 2.05) is 0 Å². The van der Waals surface area contributed by atoms with Gasteiger partial charge in [-0.3, -0.25) is 14.7 Å². The summed E-state index contributed by atoms with van der Waals surface area (Å²) in [4.78, 5) is 22.5. The van der Waals surface area contributed by atoms with Gasteiger partial charge < -0.3 is 4.98 Å². The third-order valence-corrected chi connectivity index (χ3v) is 5.68. The van der Waals surface area contributed by atoms with Crippen LogP contribution < -0.4 is 5.56 Å². The smallest absolute Gasteiger partial charge is 0.256 e. The molecule has 0 atom stereocenters. The quantitative estimate of drug-likeness (QED) is 0.686. The Kier molecular flexibility index (Phi) is 4.37. The van der Waals surface area contributed by atoms with Gasteiger partial charge in [0.25, 0.3) is 5.56 Å². The molecule has 128 valence electrons. The summed E-state index contributed by atoms with van der Waals surface area (Å²) in [7, 11) is 0. The molecular formula is C18H16FN3OS2. The average Bonchev–Trinajstić information content (AvgIpc) is 3.04. The van der Waals surface area contributed by atoms with Crippen LogP contribution in [0, 0.1) is 10.6 Å². The van der Waals surface area contributed by atoms with E-state index in [-0.39, 0.29) is 11.4 Å². The number of aromatic amines is 2. The minimum Gasteiger partial charge on any atom is -0.335 e. The fraction of sp³-hybridized carbons (Fsp3) is 0.222.